The highest BCUT2D eigenvalue weighted by Gasteiger charge is 2.09. The van der Waals surface area contributed by atoms with Gasteiger partial charge in [0, 0.05) is 10.9 Å². The Bertz CT molecular complexity index is 569. The number of halogens is 1. The number of aryl methyl sites for hydroxylation is 2. The molecule has 0 bridgehead atoms. The standard InChI is InChI=1S/C16H20BrNOS/c1-10-6-13(8-12(3)18)7-11(2)16(10)19-9-14-4-5-15(17)20-14/h4-7,12H,8-9,18H2,1-3H3. The summed E-state index contributed by atoms with van der Waals surface area (Å²) in [6, 6.07) is 8.68. The molecule has 1 aromatic heterocycles. The van der Waals surface area contributed by atoms with E-state index in [-0.39, 0.29) is 6.04 Å². The fourth-order valence-corrected chi connectivity index (χ4v) is 3.73. The van der Waals surface area contributed by atoms with Crippen molar-refractivity contribution in [3.8, 4) is 5.75 Å². The van der Waals surface area contributed by atoms with Crippen LogP contribution in [-0.4, -0.2) is 6.04 Å². The van der Waals surface area contributed by atoms with Crippen LogP contribution in [-0.2, 0) is 13.0 Å². The molecule has 4 heteroatoms. The first-order valence-corrected chi connectivity index (χ1v) is 8.29. The molecule has 2 aromatic rings. The van der Waals surface area contributed by atoms with Crippen molar-refractivity contribution >= 4 is 27.3 Å². The number of thiophene rings is 1. The van der Waals surface area contributed by atoms with Crippen molar-refractivity contribution in [3.05, 3.63) is 49.6 Å². The van der Waals surface area contributed by atoms with Crippen molar-refractivity contribution < 1.29 is 4.74 Å². The number of hydrogen-bond donors (Lipinski definition) is 1. The van der Waals surface area contributed by atoms with E-state index in [9.17, 15) is 0 Å². The van der Waals surface area contributed by atoms with Gasteiger partial charge in [-0.1, -0.05) is 12.1 Å². The number of nitrogens with two attached hydrogens (primary N) is 1. The van der Waals surface area contributed by atoms with Gasteiger partial charge < -0.3 is 10.5 Å². The fourth-order valence-electron chi connectivity index (χ4n) is 2.33. The largest absolute Gasteiger partial charge is 0.488 e. The second-order valence-corrected chi connectivity index (χ2v) is 7.78. The molecule has 0 aliphatic rings. The van der Waals surface area contributed by atoms with E-state index >= 15 is 0 Å². The third-order valence-corrected chi connectivity index (χ3v) is 4.66. The number of benzene rings is 1. The predicted molar refractivity (Wildman–Crippen MR) is 89.6 cm³/mol. The molecule has 1 heterocycles. The van der Waals surface area contributed by atoms with Gasteiger partial charge in [-0.2, -0.15) is 0 Å². The van der Waals surface area contributed by atoms with Crippen molar-refractivity contribution in [1.29, 1.82) is 0 Å². The van der Waals surface area contributed by atoms with E-state index in [0.29, 0.717) is 6.61 Å². The Morgan fingerprint density at radius 1 is 1.25 bits per heavy atom. The monoisotopic (exact) mass is 353 g/mol. The van der Waals surface area contributed by atoms with Gasteiger partial charge in [-0.15, -0.1) is 11.3 Å². The van der Waals surface area contributed by atoms with Gasteiger partial charge in [-0.3, -0.25) is 0 Å². The lowest BCUT2D eigenvalue weighted by Crippen LogP contribution is -2.18. The highest BCUT2D eigenvalue weighted by atomic mass is 79.9. The summed E-state index contributed by atoms with van der Waals surface area (Å²) in [5, 5.41) is 0. The molecule has 2 nitrogen and oxygen atoms in total. The molecule has 1 aromatic carbocycles. The van der Waals surface area contributed by atoms with Crippen LogP contribution in [0.2, 0.25) is 0 Å². The van der Waals surface area contributed by atoms with E-state index in [0.717, 1.165) is 16.0 Å². The quantitative estimate of drug-likeness (QED) is 0.852. The molecule has 0 aliphatic heterocycles. The molecule has 0 amide bonds. The van der Waals surface area contributed by atoms with Gasteiger partial charge in [0.1, 0.15) is 12.4 Å². The van der Waals surface area contributed by atoms with Crippen LogP contribution in [0.4, 0.5) is 0 Å². The van der Waals surface area contributed by atoms with E-state index in [4.69, 9.17) is 10.5 Å². The molecular weight excluding hydrogens is 334 g/mol. The summed E-state index contributed by atoms with van der Waals surface area (Å²) in [5.41, 5.74) is 9.50. The van der Waals surface area contributed by atoms with Crippen molar-refractivity contribution in [1.82, 2.24) is 0 Å². The molecule has 2 N–H and O–H groups in total. The molecule has 0 saturated heterocycles. The zero-order chi connectivity index (χ0) is 14.7. The van der Waals surface area contributed by atoms with Crippen LogP contribution in [0.25, 0.3) is 0 Å². The molecule has 0 radical (unpaired) electrons. The first kappa shape index (κ1) is 15.5. The minimum atomic E-state index is 0.184. The second-order valence-electron chi connectivity index (χ2n) is 5.23. The third-order valence-electron chi connectivity index (χ3n) is 3.07. The average molecular weight is 354 g/mol. The number of rotatable bonds is 5. The lowest BCUT2D eigenvalue weighted by Gasteiger charge is -2.14. The molecule has 1 atom stereocenters. The maximum atomic E-state index is 5.99. The Kier molecular flexibility index (Phi) is 5.24. The van der Waals surface area contributed by atoms with Crippen molar-refractivity contribution in [3.63, 3.8) is 0 Å². The van der Waals surface area contributed by atoms with Gasteiger partial charge in [0.15, 0.2) is 0 Å². The lowest BCUT2D eigenvalue weighted by atomic mass is 10.0. The predicted octanol–water partition coefficient (Wildman–Crippen LogP) is 4.60. The van der Waals surface area contributed by atoms with Gasteiger partial charge in [0.2, 0.25) is 0 Å². The SMILES string of the molecule is Cc1cc(CC(C)N)cc(C)c1OCc1ccc(Br)s1. The normalized spacial score (nSPS) is 12.4. The molecule has 0 aliphatic carbocycles. The van der Waals surface area contributed by atoms with E-state index in [1.807, 2.05) is 6.92 Å². The average Bonchev–Trinajstić information content (AvgIpc) is 2.73. The molecular formula is C16H20BrNOS. The minimum absolute atomic E-state index is 0.184. The van der Waals surface area contributed by atoms with Crippen LogP contribution < -0.4 is 10.5 Å². The third kappa shape index (κ3) is 4.08. The zero-order valence-electron chi connectivity index (χ0n) is 12.1. The zero-order valence-corrected chi connectivity index (χ0v) is 14.5. The Hall–Kier alpha value is -0.840. The molecule has 0 fully saturated rings. The Balaban J connectivity index is 2.11. The van der Waals surface area contributed by atoms with Crippen LogP contribution in [0.3, 0.4) is 0 Å². The summed E-state index contributed by atoms with van der Waals surface area (Å²) in [7, 11) is 0. The van der Waals surface area contributed by atoms with Gasteiger partial charge in [-0.25, -0.2) is 0 Å². The topological polar surface area (TPSA) is 35.2 Å². The first-order chi connectivity index (χ1) is 9.45. The summed E-state index contributed by atoms with van der Waals surface area (Å²) >= 11 is 5.18. The summed E-state index contributed by atoms with van der Waals surface area (Å²) in [6.07, 6.45) is 0.903. The molecule has 108 valence electrons. The molecule has 2 rings (SSSR count). The molecule has 1 unspecified atom stereocenters. The van der Waals surface area contributed by atoms with Gasteiger partial charge in [-0.05, 0) is 71.9 Å². The minimum Gasteiger partial charge on any atom is -0.488 e. The summed E-state index contributed by atoms with van der Waals surface area (Å²) in [5.74, 6) is 0.989. The number of hydrogen-bond acceptors (Lipinski definition) is 3. The van der Waals surface area contributed by atoms with Crippen LogP contribution in [0, 0.1) is 13.8 Å². The van der Waals surface area contributed by atoms with Crippen LogP contribution in [0.5, 0.6) is 5.75 Å². The fraction of sp³-hybridized carbons (Fsp3) is 0.375. The van der Waals surface area contributed by atoms with Crippen LogP contribution in [0.1, 0.15) is 28.5 Å². The van der Waals surface area contributed by atoms with E-state index in [1.54, 1.807) is 11.3 Å². The van der Waals surface area contributed by atoms with Gasteiger partial charge in [0.05, 0.1) is 3.79 Å². The molecule has 0 saturated carbocycles. The lowest BCUT2D eigenvalue weighted by molar-refractivity contribution is 0.305. The van der Waals surface area contributed by atoms with Crippen LogP contribution >= 0.6 is 27.3 Å². The van der Waals surface area contributed by atoms with Crippen molar-refractivity contribution in [2.24, 2.45) is 5.73 Å². The molecule has 20 heavy (non-hydrogen) atoms. The Morgan fingerprint density at radius 3 is 2.40 bits per heavy atom. The van der Waals surface area contributed by atoms with Crippen LogP contribution in [0.15, 0.2) is 28.1 Å². The highest BCUT2D eigenvalue weighted by Crippen LogP contribution is 2.28. The number of ether oxygens (including phenoxy) is 1. The second kappa shape index (κ2) is 6.74. The maximum absolute atomic E-state index is 5.99. The Morgan fingerprint density at radius 2 is 1.90 bits per heavy atom. The van der Waals surface area contributed by atoms with Crippen molar-refractivity contribution in [2.45, 2.75) is 39.8 Å². The highest BCUT2D eigenvalue weighted by molar-refractivity contribution is 9.11. The van der Waals surface area contributed by atoms with Gasteiger partial charge in [0.25, 0.3) is 0 Å². The first-order valence-electron chi connectivity index (χ1n) is 6.68. The summed E-state index contributed by atoms with van der Waals surface area (Å²) in [4.78, 5) is 1.22. The molecule has 0 spiro atoms. The maximum Gasteiger partial charge on any atom is 0.125 e. The van der Waals surface area contributed by atoms with Crippen molar-refractivity contribution in [2.75, 3.05) is 0 Å². The summed E-state index contributed by atoms with van der Waals surface area (Å²) < 4.78 is 7.12. The smallest absolute Gasteiger partial charge is 0.125 e. The Labute approximate surface area is 133 Å². The van der Waals surface area contributed by atoms with Gasteiger partial charge >= 0.3 is 0 Å². The van der Waals surface area contributed by atoms with E-state index in [1.165, 1.54) is 21.6 Å². The summed E-state index contributed by atoms with van der Waals surface area (Å²) in [6.45, 7) is 6.84. The van der Waals surface area contributed by atoms with E-state index in [2.05, 4.69) is 54.0 Å². The van der Waals surface area contributed by atoms with E-state index < -0.39 is 0 Å².